The average Bonchev–Trinajstić information content (AvgIpc) is 2.50. The molecule has 0 saturated heterocycles. The van der Waals surface area contributed by atoms with Crippen molar-refractivity contribution in [3.63, 3.8) is 0 Å². The topological polar surface area (TPSA) is 41.5 Å². The molecular formula is C17H18BrF3NO2P. The Morgan fingerprint density at radius 3 is 2.48 bits per heavy atom. The predicted octanol–water partition coefficient (Wildman–Crippen LogP) is 6.33. The van der Waals surface area contributed by atoms with E-state index < -0.39 is 11.7 Å². The zero-order chi connectivity index (χ0) is 18.8. The first kappa shape index (κ1) is 19.9. The van der Waals surface area contributed by atoms with E-state index in [2.05, 4.69) is 30.5 Å². The van der Waals surface area contributed by atoms with Gasteiger partial charge in [0.25, 0.3) is 0 Å². The van der Waals surface area contributed by atoms with Crippen LogP contribution in [0.25, 0.3) is 0 Å². The molecule has 0 aliphatic carbocycles. The monoisotopic (exact) mass is 435 g/mol. The lowest BCUT2D eigenvalue weighted by molar-refractivity contribution is -0.138. The number of rotatable bonds is 5. The van der Waals surface area contributed by atoms with Gasteiger partial charge in [-0.3, -0.25) is 0 Å². The van der Waals surface area contributed by atoms with Crippen molar-refractivity contribution in [1.82, 2.24) is 0 Å². The van der Waals surface area contributed by atoms with Crippen LogP contribution in [0.15, 0.2) is 34.8 Å². The van der Waals surface area contributed by atoms with E-state index in [4.69, 9.17) is 4.74 Å². The Labute approximate surface area is 154 Å². The largest absolute Gasteiger partial charge is 0.508 e. The maximum atomic E-state index is 13.4. The van der Waals surface area contributed by atoms with E-state index in [1.54, 1.807) is 6.07 Å². The van der Waals surface area contributed by atoms with Crippen molar-refractivity contribution in [2.24, 2.45) is 0 Å². The summed E-state index contributed by atoms with van der Waals surface area (Å²) in [5.41, 5.74) is 0.0422. The number of hydrogen-bond acceptors (Lipinski definition) is 3. The number of hydrogen-bond donors (Lipinski definition) is 2. The molecule has 0 amide bonds. The molecule has 0 fully saturated rings. The van der Waals surface area contributed by atoms with Crippen LogP contribution in [-0.4, -0.2) is 11.4 Å². The zero-order valence-electron chi connectivity index (χ0n) is 13.6. The van der Waals surface area contributed by atoms with Crippen molar-refractivity contribution in [2.45, 2.75) is 25.9 Å². The van der Waals surface area contributed by atoms with Gasteiger partial charge < -0.3 is 15.2 Å². The molecular weight excluding hydrogens is 418 g/mol. The molecule has 1 atom stereocenters. The molecule has 0 heterocycles. The fraction of sp³-hybridized carbons (Fsp3) is 0.294. The molecule has 2 aromatic carbocycles. The number of aromatic hydroxyl groups is 1. The van der Waals surface area contributed by atoms with Crippen LogP contribution in [0.2, 0.25) is 0 Å². The van der Waals surface area contributed by atoms with Gasteiger partial charge in [-0.05, 0) is 52.2 Å². The van der Waals surface area contributed by atoms with Gasteiger partial charge in [0.2, 0.25) is 0 Å². The van der Waals surface area contributed by atoms with Crippen molar-refractivity contribution in [2.75, 3.05) is 11.6 Å². The Morgan fingerprint density at radius 1 is 1.24 bits per heavy atom. The number of phenols is 1. The Bertz CT molecular complexity index is 766. The lowest BCUT2D eigenvalue weighted by Crippen LogP contribution is -2.09. The van der Waals surface area contributed by atoms with E-state index in [0.29, 0.717) is 17.5 Å². The van der Waals surface area contributed by atoms with Gasteiger partial charge >= 0.3 is 6.18 Å². The highest BCUT2D eigenvalue weighted by Gasteiger charge is 2.36. The summed E-state index contributed by atoms with van der Waals surface area (Å²) in [6, 6.07) is 6.92. The van der Waals surface area contributed by atoms with Gasteiger partial charge in [-0.1, -0.05) is 13.8 Å². The SMILES string of the molecule is CC(C)c1cc(Oc2c(Br)cc(NCP)cc2C(F)(F)F)ccc1O. The summed E-state index contributed by atoms with van der Waals surface area (Å²) in [4.78, 5) is 0. The Balaban J connectivity index is 2.50. The van der Waals surface area contributed by atoms with Crippen molar-refractivity contribution >= 4 is 30.9 Å². The molecule has 2 rings (SSSR count). The van der Waals surface area contributed by atoms with E-state index >= 15 is 0 Å². The average molecular weight is 436 g/mol. The van der Waals surface area contributed by atoms with Crippen LogP contribution in [0.3, 0.4) is 0 Å². The van der Waals surface area contributed by atoms with E-state index in [9.17, 15) is 18.3 Å². The molecule has 1 unspecified atom stereocenters. The van der Waals surface area contributed by atoms with Crippen LogP contribution in [0, 0.1) is 0 Å². The first-order valence-corrected chi connectivity index (χ1v) is 9.10. The maximum absolute atomic E-state index is 13.4. The molecule has 25 heavy (non-hydrogen) atoms. The van der Waals surface area contributed by atoms with Crippen LogP contribution in [-0.2, 0) is 6.18 Å². The minimum atomic E-state index is -4.58. The number of alkyl halides is 3. The fourth-order valence-electron chi connectivity index (χ4n) is 2.30. The minimum Gasteiger partial charge on any atom is -0.508 e. The Hall–Kier alpha value is -1.46. The third-order valence-electron chi connectivity index (χ3n) is 3.50. The van der Waals surface area contributed by atoms with E-state index in [1.807, 2.05) is 13.8 Å². The number of phenolic OH excluding ortho intramolecular Hbond substituents is 1. The van der Waals surface area contributed by atoms with Crippen LogP contribution in [0.4, 0.5) is 18.9 Å². The molecule has 8 heteroatoms. The van der Waals surface area contributed by atoms with Crippen LogP contribution < -0.4 is 10.1 Å². The summed E-state index contributed by atoms with van der Waals surface area (Å²) in [6.07, 6.45) is -4.16. The summed E-state index contributed by atoms with van der Waals surface area (Å²) in [5, 5.41) is 12.7. The molecule has 0 saturated carbocycles. The predicted molar refractivity (Wildman–Crippen MR) is 99.6 cm³/mol. The zero-order valence-corrected chi connectivity index (χ0v) is 16.4. The number of halogens is 4. The first-order valence-electron chi connectivity index (χ1n) is 7.49. The smallest absolute Gasteiger partial charge is 0.420 e. The van der Waals surface area contributed by atoms with Crippen molar-refractivity contribution in [3.8, 4) is 17.2 Å². The molecule has 136 valence electrons. The number of nitrogens with one attached hydrogen (secondary N) is 1. The highest BCUT2D eigenvalue weighted by Crippen LogP contribution is 2.44. The highest BCUT2D eigenvalue weighted by molar-refractivity contribution is 9.10. The molecule has 2 aromatic rings. The third-order valence-corrected chi connectivity index (χ3v) is 4.29. The molecule has 3 nitrogen and oxygen atoms in total. The summed E-state index contributed by atoms with van der Waals surface area (Å²) >= 11 is 3.16. The quantitative estimate of drug-likeness (QED) is 0.538. The number of ether oxygens (including phenoxy) is 1. The second-order valence-electron chi connectivity index (χ2n) is 5.69. The normalized spacial score (nSPS) is 11.7. The summed E-state index contributed by atoms with van der Waals surface area (Å²) in [6.45, 7) is 3.75. The number of benzene rings is 2. The molecule has 0 aliphatic heterocycles. The van der Waals surface area contributed by atoms with Crippen molar-refractivity contribution in [1.29, 1.82) is 0 Å². The standard InChI is InChI=1S/C17H18BrF3NO2P/c1-9(2)12-7-11(3-4-15(12)23)24-16-13(17(19,20)21)5-10(22-8-25)6-14(16)18/h3-7,9,22-23H,8,25H2,1-2H3. The summed E-state index contributed by atoms with van der Waals surface area (Å²) < 4.78 is 46.1. The lowest BCUT2D eigenvalue weighted by atomic mass is 10.0. The summed E-state index contributed by atoms with van der Waals surface area (Å²) in [5.74, 6) is -0.0122. The lowest BCUT2D eigenvalue weighted by Gasteiger charge is -2.18. The van der Waals surface area contributed by atoms with Gasteiger partial charge in [0.05, 0.1) is 4.47 Å². The molecule has 0 aliphatic rings. The Morgan fingerprint density at radius 2 is 1.92 bits per heavy atom. The molecule has 0 spiro atoms. The third kappa shape index (κ3) is 4.79. The highest BCUT2D eigenvalue weighted by atomic mass is 79.9. The van der Waals surface area contributed by atoms with Gasteiger partial charge in [0, 0.05) is 17.5 Å². The summed E-state index contributed by atoms with van der Waals surface area (Å²) in [7, 11) is 2.39. The maximum Gasteiger partial charge on any atom is 0.420 e. The molecule has 2 N–H and O–H groups in total. The molecule has 0 bridgehead atoms. The van der Waals surface area contributed by atoms with Crippen LogP contribution in [0.1, 0.15) is 30.9 Å². The van der Waals surface area contributed by atoms with Crippen LogP contribution in [0.5, 0.6) is 17.2 Å². The second kappa shape index (κ2) is 7.83. The van der Waals surface area contributed by atoms with Crippen molar-refractivity contribution < 1.29 is 23.0 Å². The Kier molecular flexibility index (Phi) is 6.22. The minimum absolute atomic E-state index is 0.00251. The first-order chi connectivity index (χ1) is 11.6. The van der Waals surface area contributed by atoms with Crippen LogP contribution >= 0.6 is 25.2 Å². The van der Waals surface area contributed by atoms with E-state index in [1.165, 1.54) is 18.2 Å². The fourth-order valence-corrected chi connectivity index (χ4v) is 3.08. The van der Waals surface area contributed by atoms with Gasteiger partial charge in [0.1, 0.15) is 17.1 Å². The van der Waals surface area contributed by atoms with E-state index in [0.717, 1.165) is 6.07 Å². The van der Waals surface area contributed by atoms with Gasteiger partial charge in [-0.25, -0.2) is 0 Å². The van der Waals surface area contributed by atoms with Gasteiger partial charge in [-0.2, -0.15) is 13.2 Å². The molecule has 0 aromatic heterocycles. The molecule has 0 radical (unpaired) electrons. The van der Waals surface area contributed by atoms with Gasteiger partial charge in [0.15, 0.2) is 5.75 Å². The second-order valence-corrected chi connectivity index (χ2v) is 6.95. The van der Waals surface area contributed by atoms with E-state index in [-0.39, 0.29) is 27.6 Å². The van der Waals surface area contributed by atoms with Gasteiger partial charge in [-0.15, -0.1) is 9.24 Å². The number of anilines is 1. The van der Waals surface area contributed by atoms with Crippen molar-refractivity contribution in [3.05, 3.63) is 45.9 Å².